The normalized spacial score (nSPS) is 24.4. The third kappa shape index (κ3) is 3.86. The van der Waals surface area contributed by atoms with Crippen LogP contribution < -0.4 is 10.1 Å². The van der Waals surface area contributed by atoms with Crippen molar-refractivity contribution in [2.45, 2.75) is 46.1 Å². The van der Waals surface area contributed by atoms with E-state index >= 15 is 0 Å². The van der Waals surface area contributed by atoms with Crippen LogP contribution in [0.4, 0.5) is 11.4 Å². The second kappa shape index (κ2) is 5.92. The third-order valence-corrected chi connectivity index (χ3v) is 4.15. The number of nitro benzene ring substituents is 1. The predicted molar refractivity (Wildman–Crippen MR) is 83.9 cm³/mol. The maximum Gasteiger partial charge on any atom is 0.292 e. The van der Waals surface area contributed by atoms with Crippen molar-refractivity contribution in [1.82, 2.24) is 0 Å². The molecule has 5 nitrogen and oxygen atoms in total. The number of rotatable bonds is 4. The molecule has 21 heavy (non-hydrogen) atoms. The highest BCUT2D eigenvalue weighted by molar-refractivity contribution is 5.64. The van der Waals surface area contributed by atoms with Crippen molar-refractivity contribution in [2.75, 3.05) is 12.4 Å². The van der Waals surface area contributed by atoms with Crippen LogP contribution in [0.3, 0.4) is 0 Å². The van der Waals surface area contributed by atoms with Crippen LogP contribution in [0.1, 0.15) is 40.0 Å². The van der Waals surface area contributed by atoms with E-state index < -0.39 is 0 Å². The van der Waals surface area contributed by atoms with Gasteiger partial charge in [-0.2, -0.15) is 0 Å². The molecule has 0 unspecified atom stereocenters. The highest BCUT2D eigenvalue weighted by Gasteiger charge is 2.32. The molecule has 1 aliphatic carbocycles. The number of benzene rings is 1. The molecule has 2 rings (SSSR count). The topological polar surface area (TPSA) is 64.4 Å². The molecule has 1 aliphatic rings. The maximum atomic E-state index is 11.2. The summed E-state index contributed by atoms with van der Waals surface area (Å²) in [5.41, 5.74) is 0.921. The molecule has 0 heterocycles. The Morgan fingerprint density at radius 3 is 2.67 bits per heavy atom. The van der Waals surface area contributed by atoms with Crippen molar-refractivity contribution in [3.05, 3.63) is 28.3 Å². The van der Waals surface area contributed by atoms with Crippen molar-refractivity contribution < 1.29 is 9.66 Å². The van der Waals surface area contributed by atoms with E-state index in [-0.39, 0.29) is 22.1 Å². The van der Waals surface area contributed by atoms with E-state index in [1.165, 1.54) is 12.5 Å². The first kappa shape index (κ1) is 15.6. The Bertz CT molecular complexity index is 528. The summed E-state index contributed by atoms with van der Waals surface area (Å²) in [4.78, 5) is 10.8. The maximum absolute atomic E-state index is 11.2. The van der Waals surface area contributed by atoms with Crippen molar-refractivity contribution in [3.63, 3.8) is 0 Å². The van der Waals surface area contributed by atoms with Crippen molar-refractivity contribution in [2.24, 2.45) is 11.3 Å². The van der Waals surface area contributed by atoms with Crippen LogP contribution in [0.15, 0.2) is 18.2 Å². The molecule has 1 saturated carbocycles. The van der Waals surface area contributed by atoms with Gasteiger partial charge >= 0.3 is 0 Å². The van der Waals surface area contributed by atoms with Gasteiger partial charge in [0.25, 0.3) is 5.69 Å². The summed E-state index contributed by atoms with van der Waals surface area (Å²) in [5.74, 6) is 1.25. The lowest BCUT2D eigenvalue weighted by molar-refractivity contribution is -0.384. The van der Waals surface area contributed by atoms with E-state index in [2.05, 4.69) is 26.1 Å². The number of nitrogens with one attached hydrogen (secondary N) is 1. The van der Waals surface area contributed by atoms with Crippen molar-refractivity contribution in [1.29, 1.82) is 0 Å². The molecule has 5 heteroatoms. The van der Waals surface area contributed by atoms with Crippen LogP contribution in [-0.2, 0) is 0 Å². The predicted octanol–water partition coefficient (Wildman–Crippen LogP) is 4.23. The lowest BCUT2D eigenvalue weighted by Gasteiger charge is -2.39. The average molecular weight is 292 g/mol. The lowest BCUT2D eigenvalue weighted by Crippen LogP contribution is -2.35. The first-order chi connectivity index (χ1) is 9.80. The molecule has 0 aromatic heterocycles. The Labute approximate surface area is 125 Å². The Morgan fingerprint density at radius 1 is 1.38 bits per heavy atom. The molecule has 0 bridgehead atoms. The Hall–Kier alpha value is -1.78. The molecule has 0 saturated heterocycles. The Morgan fingerprint density at radius 2 is 2.10 bits per heavy atom. The molecule has 0 spiro atoms. The summed E-state index contributed by atoms with van der Waals surface area (Å²) >= 11 is 0. The SMILES string of the molecule is COc1ccc([N+](=O)[O-])c(N[C@H]2C[C@@H](C)CC(C)(C)C2)c1. The smallest absolute Gasteiger partial charge is 0.292 e. The second-order valence-corrected chi connectivity index (χ2v) is 6.89. The largest absolute Gasteiger partial charge is 0.497 e. The van der Waals surface area contributed by atoms with Gasteiger partial charge in [0.1, 0.15) is 11.4 Å². The van der Waals surface area contributed by atoms with Gasteiger partial charge in [-0.05, 0) is 36.7 Å². The molecular weight excluding hydrogens is 268 g/mol. The average Bonchev–Trinajstić information content (AvgIpc) is 2.35. The molecule has 1 fully saturated rings. The molecule has 0 aliphatic heterocycles. The number of ether oxygens (including phenoxy) is 1. The summed E-state index contributed by atoms with van der Waals surface area (Å²) < 4.78 is 5.18. The minimum absolute atomic E-state index is 0.104. The van der Waals surface area contributed by atoms with Crippen LogP contribution in [0.5, 0.6) is 5.75 Å². The molecule has 0 radical (unpaired) electrons. The fraction of sp³-hybridized carbons (Fsp3) is 0.625. The summed E-state index contributed by atoms with van der Waals surface area (Å²) in [6.45, 7) is 6.77. The van der Waals surface area contributed by atoms with Crippen LogP contribution >= 0.6 is 0 Å². The zero-order chi connectivity index (χ0) is 15.6. The lowest BCUT2D eigenvalue weighted by atomic mass is 9.70. The molecule has 1 aromatic rings. The van der Waals surface area contributed by atoms with Gasteiger partial charge in [-0.25, -0.2) is 0 Å². The second-order valence-electron chi connectivity index (χ2n) is 6.89. The Balaban J connectivity index is 2.23. The van der Waals surface area contributed by atoms with Gasteiger partial charge in [0.2, 0.25) is 0 Å². The summed E-state index contributed by atoms with van der Waals surface area (Å²) in [7, 11) is 1.57. The Kier molecular flexibility index (Phi) is 4.40. The van der Waals surface area contributed by atoms with Gasteiger partial charge in [0.05, 0.1) is 12.0 Å². The standard InChI is InChI=1S/C16H24N2O3/c1-11-7-12(10-16(2,3)9-11)17-14-8-13(21-4)5-6-15(14)18(19)20/h5-6,8,11-12,17H,7,9-10H2,1-4H3/t11-,12+/m1/s1. The number of anilines is 1. The highest BCUT2D eigenvalue weighted by atomic mass is 16.6. The number of nitro groups is 1. The van der Waals surface area contributed by atoms with Gasteiger partial charge in [0.15, 0.2) is 0 Å². The first-order valence-corrected chi connectivity index (χ1v) is 7.40. The molecule has 0 amide bonds. The molecule has 2 atom stereocenters. The number of hydrogen-bond donors (Lipinski definition) is 1. The summed E-state index contributed by atoms with van der Waals surface area (Å²) in [5, 5.41) is 14.5. The minimum atomic E-state index is -0.348. The monoisotopic (exact) mass is 292 g/mol. The molecule has 1 N–H and O–H groups in total. The first-order valence-electron chi connectivity index (χ1n) is 7.40. The third-order valence-electron chi connectivity index (χ3n) is 4.15. The fourth-order valence-corrected chi connectivity index (χ4v) is 3.59. The van der Waals surface area contributed by atoms with Crippen LogP contribution in [0, 0.1) is 21.4 Å². The van der Waals surface area contributed by atoms with Crippen LogP contribution in [0.25, 0.3) is 0 Å². The number of hydrogen-bond acceptors (Lipinski definition) is 4. The summed E-state index contributed by atoms with van der Waals surface area (Å²) in [6.07, 6.45) is 3.26. The molecule has 116 valence electrons. The number of methoxy groups -OCH3 is 1. The van der Waals surface area contributed by atoms with Gasteiger partial charge < -0.3 is 10.1 Å². The fourth-order valence-electron chi connectivity index (χ4n) is 3.59. The zero-order valence-electron chi connectivity index (χ0n) is 13.2. The quantitative estimate of drug-likeness (QED) is 0.666. The van der Waals surface area contributed by atoms with Crippen molar-refractivity contribution >= 4 is 11.4 Å². The van der Waals surface area contributed by atoms with Crippen molar-refractivity contribution in [3.8, 4) is 5.75 Å². The van der Waals surface area contributed by atoms with Gasteiger partial charge in [-0.1, -0.05) is 20.8 Å². The van der Waals surface area contributed by atoms with Crippen LogP contribution in [0.2, 0.25) is 0 Å². The van der Waals surface area contributed by atoms with E-state index in [1.807, 2.05) is 0 Å². The van der Waals surface area contributed by atoms with E-state index in [1.54, 1.807) is 19.2 Å². The summed E-state index contributed by atoms with van der Waals surface area (Å²) in [6, 6.07) is 5.09. The van der Waals surface area contributed by atoms with E-state index in [9.17, 15) is 10.1 Å². The highest BCUT2D eigenvalue weighted by Crippen LogP contribution is 2.40. The van der Waals surface area contributed by atoms with E-state index in [0.29, 0.717) is 17.4 Å². The van der Waals surface area contributed by atoms with Gasteiger partial charge in [-0.3, -0.25) is 10.1 Å². The van der Waals surface area contributed by atoms with Gasteiger partial charge in [-0.15, -0.1) is 0 Å². The van der Waals surface area contributed by atoms with Crippen LogP contribution in [-0.4, -0.2) is 18.1 Å². The molecular formula is C16H24N2O3. The molecule has 1 aromatic carbocycles. The minimum Gasteiger partial charge on any atom is -0.497 e. The van der Waals surface area contributed by atoms with E-state index in [0.717, 1.165) is 12.8 Å². The van der Waals surface area contributed by atoms with Gasteiger partial charge in [0, 0.05) is 18.2 Å². The van der Waals surface area contributed by atoms with E-state index in [4.69, 9.17) is 4.74 Å². The zero-order valence-corrected chi connectivity index (χ0v) is 13.2. The number of nitrogens with zero attached hydrogens (tertiary/aromatic N) is 1.